The molecule has 0 aromatic heterocycles. The molecule has 0 radical (unpaired) electrons. The molecule has 90 valence electrons. The minimum Gasteiger partial charge on any atom is -0.393 e. The fraction of sp³-hybridized carbons (Fsp3) is 0.750. The number of nitrogens with two attached hydrogens (primary N) is 1. The van der Waals surface area contributed by atoms with Crippen LogP contribution in [0.1, 0.15) is 32.1 Å². The Morgan fingerprint density at radius 2 is 2.12 bits per heavy atom. The molecule has 0 saturated heterocycles. The van der Waals surface area contributed by atoms with Gasteiger partial charge < -0.3 is 16.2 Å². The average molecular weight is 224 g/mol. The Balaban J connectivity index is 2.19. The van der Waals surface area contributed by atoms with Crippen LogP contribution in [0.3, 0.4) is 0 Å². The van der Waals surface area contributed by atoms with Crippen LogP contribution in [0.15, 0.2) is 0 Å². The summed E-state index contributed by atoms with van der Waals surface area (Å²) in [7, 11) is 0. The van der Waals surface area contributed by atoms with E-state index in [2.05, 4.69) is 11.2 Å². The molecule has 1 saturated carbocycles. The number of aliphatic hydroxyl groups is 1. The molecular formula is C12H20N2O2. The Hall–Kier alpha value is -1.05. The zero-order valence-electron chi connectivity index (χ0n) is 9.48. The average Bonchev–Trinajstić information content (AvgIpc) is 2.28. The number of terminal acetylenes is 1. The van der Waals surface area contributed by atoms with Gasteiger partial charge in [-0.3, -0.25) is 4.79 Å². The molecule has 0 aliphatic heterocycles. The Bertz CT molecular complexity index is 265. The zero-order chi connectivity index (χ0) is 12.0. The van der Waals surface area contributed by atoms with Gasteiger partial charge in [-0.15, -0.1) is 12.3 Å². The lowest BCUT2D eigenvalue weighted by Crippen LogP contribution is -2.42. The first kappa shape index (κ1) is 13.0. The number of carbonyl (C=O) groups excluding carboxylic acids is 1. The molecule has 1 unspecified atom stereocenters. The van der Waals surface area contributed by atoms with Crippen LogP contribution < -0.4 is 11.1 Å². The van der Waals surface area contributed by atoms with E-state index in [0.717, 1.165) is 25.7 Å². The Morgan fingerprint density at radius 1 is 1.50 bits per heavy atom. The highest BCUT2D eigenvalue weighted by atomic mass is 16.3. The van der Waals surface area contributed by atoms with Crippen molar-refractivity contribution in [3.05, 3.63) is 0 Å². The normalized spacial score (nSPS) is 26.8. The fourth-order valence-electron chi connectivity index (χ4n) is 1.94. The van der Waals surface area contributed by atoms with Gasteiger partial charge in [0, 0.05) is 13.0 Å². The Kier molecular flexibility index (Phi) is 5.30. The summed E-state index contributed by atoms with van der Waals surface area (Å²) >= 11 is 0. The van der Waals surface area contributed by atoms with Gasteiger partial charge in [-0.1, -0.05) is 0 Å². The predicted molar refractivity (Wildman–Crippen MR) is 62.4 cm³/mol. The second kappa shape index (κ2) is 6.51. The van der Waals surface area contributed by atoms with Crippen LogP contribution in [0.5, 0.6) is 0 Å². The summed E-state index contributed by atoms with van der Waals surface area (Å²) in [6.45, 7) is 0.643. The molecule has 16 heavy (non-hydrogen) atoms. The third-order valence-electron chi connectivity index (χ3n) is 3.06. The van der Waals surface area contributed by atoms with E-state index >= 15 is 0 Å². The van der Waals surface area contributed by atoms with Crippen LogP contribution in [-0.4, -0.2) is 29.7 Å². The quantitative estimate of drug-likeness (QED) is 0.589. The van der Waals surface area contributed by atoms with E-state index < -0.39 is 6.04 Å². The summed E-state index contributed by atoms with van der Waals surface area (Å²) in [4.78, 5) is 11.5. The Labute approximate surface area is 96.6 Å². The third-order valence-corrected chi connectivity index (χ3v) is 3.06. The van der Waals surface area contributed by atoms with Gasteiger partial charge in [-0.05, 0) is 31.6 Å². The molecule has 1 aliphatic rings. The van der Waals surface area contributed by atoms with Crippen molar-refractivity contribution in [1.82, 2.24) is 5.32 Å². The van der Waals surface area contributed by atoms with E-state index in [1.54, 1.807) is 0 Å². The van der Waals surface area contributed by atoms with Gasteiger partial charge in [0.15, 0.2) is 0 Å². The maximum atomic E-state index is 11.5. The Morgan fingerprint density at radius 3 is 2.69 bits per heavy atom. The molecule has 1 amide bonds. The van der Waals surface area contributed by atoms with Gasteiger partial charge in [0.05, 0.1) is 12.1 Å². The smallest absolute Gasteiger partial charge is 0.237 e. The van der Waals surface area contributed by atoms with Crippen molar-refractivity contribution in [2.45, 2.75) is 44.2 Å². The lowest BCUT2D eigenvalue weighted by molar-refractivity contribution is -0.122. The van der Waals surface area contributed by atoms with E-state index in [4.69, 9.17) is 12.2 Å². The third kappa shape index (κ3) is 4.21. The van der Waals surface area contributed by atoms with Crippen LogP contribution >= 0.6 is 0 Å². The van der Waals surface area contributed by atoms with Crippen LogP contribution in [0.25, 0.3) is 0 Å². The number of nitrogens with one attached hydrogen (secondary N) is 1. The summed E-state index contributed by atoms with van der Waals surface area (Å²) in [5.41, 5.74) is 5.57. The standard InChI is InChI=1S/C12H20N2O2/c1-2-3-11(13)12(16)14-8-9-4-6-10(15)7-5-9/h1,9-11,15H,3-8,13H2,(H,14,16). The topological polar surface area (TPSA) is 75.4 Å². The van der Waals surface area contributed by atoms with E-state index in [1.807, 2.05) is 0 Å². The molecule has 0 spiro atoms. The highest BCUT2D eigenvalue weighted by Crippen LogP contribution is 2.23. The van der Waals surface area contributed by atoms with Crippen molar-refractivity contribution in [3.63, 3.8) is 0 Å². The van der Waals surface area contributed by atoms with E-state index in [-0.39, 0.29) is 18.4 Å². The highest BCUT2D eigenvalue weighted by Gasteiger charge is 2.20. The largest absolute Gasteiger partial charge is 0.393 e. The SMILES string of the molecule is C#CCC(N)C(=O)NCC1CCC(O)CC1. The lowest BCUT2D eigenvalue weighted by atomic mass is 9.87. The molecule has 1 rings (SSSR count). The van der Waals surface area contributed by atoms with Crippen molar-refractivity contribution in [3.8, 4) is 12.3 Å². The van der Waals surface area contributed by atoms with Crippen molar-refractivity contribution in [1.29, 1.82) is 0 Å². The molecular weight excluding hydrogens is 204 g/mol. The van der Waals surface area contributed by atoms with Gasteiger partial charge in [0.2, 0.25) is 5.91 Å². The van der Waals surface area contributed by atoms with E-state index in [1.165, 1.54) is 0 Å². The van der Waals surface area contributed by atoms with Crippen molar-refractivity contribution in [2.24, 2.45) is 11.7 Å². The van der Waals surface area contributed by atoms with Gasteiger partial charge >= 0.3 is 0 Å². The molecule has 1 atom stereocenters. The summed E-state index contributed by atoms with van der Waals surface area (Å²) in [6, 6.07) is -0.598. The molecule has 1 aliphatic carbocycles. The summed E-state index contributed by atoms with van der Waals surface area (Å²) in [5.74, 6) is 2.66. The fourth-order valence-corrected chi connectivity index (χ4v) is 1.94. The van der Waals surface area contributed by atoms with E-state index in [0.29, 0.717) is 12.5 Å². The summed E-state index contributed by atoms with van der Waals surface area (Å²) in [6.07, 6.45) is 8.79. The van der Waals surface area contributed by atoms with Crippen LogP contribution in [0, 0.1) is 18.3 Å². The molecule has 0 aromatic rings. The second-order valence-corrected chi connectivity index (χ2v) is 4.43. The second-order valence-electron chi connectivity index (χ2n) is 4.43. The minimum absolute atomic E-state index is 0.157. The van der Waals surface area contributed by atoms with Crippen molar-refractivity contribution < 1.29 is 9.90 Å². The number of carbonyl (C=O) groups is 1. The maximum absolute atomic E-state index is 11.5. The first-order valence-electron chi connectivity index (χ1n) is 5.78. The van der Waals surface area contributed by atoms with Gasteiger partial charge in [-0.25, -0.2) is 0 Å². The molecule has 1 fully saturated rings. The monoisotopic (exact) mass is 224 g/mol. The number of aliphatic hydroxyl groups excluding tert-OH is 1. The summed E-state index contributed by atoms with van der Waals surface area (Å²) in [5, 5.41) is 12.1. The molecule has 4 nitrogen and oxygen atoms in total. The van der Waals surface area contributed by atoms with Crippen molar-refractivity contribution in [2.75, 3.05) is 6.54 Å². The van der Waals surface area contributed by atoms with Gasteiger partial charge in [-0.2, -0.15) is 0 Å². The van der Waals surface area contributed by atoms with Crippen LogP contribution in [-0.2, 0) is 4.79 Å². The number of hydrogen-bond acceptors (Lipinski definition) is 3. The van der Waals surface area contributed by atoms with Crippen molar-refractivity contribution >= 4 is 5.91 Å². The lowest BCUT2D eigenvalue weighted by Gasteiger charge is -2.25. The highest BCUT2D eigenvalue weighted by molar-refractivity contribution is 5.81. The zero-order valence-corrected chi connectivity index (χ0v) is 9.48. The van der Waals surface area contributed by atoms with Crippen LogP contribution in [0.2, 0.25) is 0 Å². The molecule has 4 N–H and O–H groups in total. The molecule has 0 heterocycles. The summed E-state index contributed by atoms with van der Waals surface area (Å²) < 4.78 is 0. The van der Waals surface area contributed by atoms with Gasteiger partial charge in [0.25, 0.3) is 0 Å². The number of amides is 1. The molecule has 0 aromatic carbocycles. The maximum Gasteiger partial charge on any atom is 0.237 e. The van der Waals surface area contributed by atoms with Gasteiger partial charge in [0.1, 0.15) is 0 Å². The van der Waals surface area contributed by atoms with Crippen LogP contribution in [0.4, 0.5) is 0 Å². The number of rotatable bonds is 4. The molecule has 0 bridgehead atoms. The first-order valence-corrected chi connectivity index (χ1v) is 5.78. The first-order chi connectivity index (χ1) is 7.63. The predicted octanol–water partition coefficient (Wildman–Crippen LogP) is 0.00430. The number of hydrogen-bond donors (Lipinski definition) is 3. The minimum atomic E-state index is -0.598. The van der Waals surface area contributed by atoms with E-state index in [9.17, 15) is 9.90 Å². The molecule has 4 heteroatoms.